The summed E-state index contributed by atoms with van der Waals surface area (Å²) in [6, 6.07) is 13.5. The standard InChI is InChI=1S/C18H18N2O2S/c1-12-8-9-16(22-3)13(10-12)11-23-18-19-15-7-5-4-6-14(15)17(21)20(18)2/h4-10H,11H2,1-3H3. The predicted molar refractivity (Wildman–Crippen MR) is 94.3 cm³/mol. The lowest BCUT2D eigenvalue weighted by Crippen LogP contribution is -2.19. The summed E-state index contributed by atoms with van der Waals surface area (Å²) < 4.78 is 7.02. The maximum atomic E-state index is 12.4. The molecule has 0 fully saturated rings. The Balaban J connectivity index is 1.95. The van der Waals surface area contributed by atoms with E-state index >= 15 is 0 Å². The Bertz CT molecular complexity index is 919. The third-order valence-electron chi connectivity index (χ3n) is 3.73. The molecule has 0 atom stereocenters. The molecule has 3 rings (SSSR count). The maximum Gasteiger partial charge on any atom is 0.261 e. The van der Waals surface area contributed by atoms with Crippen LogP contribution >= 0.6 is 11.8 Å². The SMILES string of the molecule is COc1ccc(C)cc1CSc1nc2ccccc2c(=O)n1C. The molecule has 0 amide bonds. The van der Waals surface area contributed by atoms with E-state index in [-0.39, 0.29) is 5.56 Å². The van der Waals surface area contributed by atoms with Crippen molar-refractivity contribution in [2.24, 2.45) is 7.05 Å². The Morgan fingerprint density at radius 1 is 1.22 bits per heavy atom. The zero-order chi connectivity index (χ0) is 16.4. The number of aryl methyl sites for hydroxylation is 1. The molecule has 118 valence electrons. The van der Waals surface area contributed by atoms with Crippen molar-refractivity contribution >= 4 is 22.7 Å². The molecule has 0 saturated heterocycles. The quantitative estimate of drug-likeness (QED) is 0.543. The van der Waals surface area contributed by atoms with Crippen molar-refractivity contribution < 1.29 is 4.74 Å². The van der Waals surface area contributed by atoms with Crippen LogP contribution in [0.4, 0.5) is 0 Å². The number of hydrogen-bond acceptors (Lipinski definition) is 4. The molecule has 0 spiro atoms. The summed E-state index contributed by atoms with van der Waals surface area (Å²) in [6.07, 6.45) is 0. The number of aromatic nitrogens is 2. The molecule has 1 heterocycles. The summed E-state index contributed by atoms with van der Waals surface area (Å²) in [5.41, 5.74) is 2.99. The highest BCUT2D eigenvalue weighted by molar-refractivity contribution is 7.98. The van der Waals surface area contributed by atoms with E-state index < -0.39 is 0 Å². The Morgan fingerprint density at radius 2 is 2.00 bits per heavy atom. The number of thioether (sulfide) groups is 1. The van der Waals surface area contributed by atoms with Crippen molar-refractivity contribution in [2.45, 2.75) is 17.8 Å². The van der Waals surface area contributed by atoms with Gasteiger partial charge in [0.1, 0.15) is 5.75 Å². The molecular formula is C18H18N2O2S. The number of benzene rings is 2. The van der Waals surface area contributed by atoms with E-state index in [1.807, 2.05) is 36.4 Å². The highest BCUT2D eigenvalue weighted by atomic mass is 32.2. The largest absolute Gasteiger partial charge is 0.496 e. The van der Waals surface area contributed by atoms with Crippen molar-refractivity contribution in [1.82, 2.24) is 9.55 Å². The second-order valence-corrected chi connectivity index (χ2v) is 6.32. The van der Waals surface area contributed by atoms with E-state index in [9.17, 15) is 4.79 Å². The van der Waals surface area contributed by atoms with E-state index in [0.29, 0.717) is 16.3 Å². The number of ether oxygens (including phenoxy) is 1. The number of rotatable bonds is 4. The van der Waals surface area contributed by atoms with Crippen LogP contribution in [0.5, 0.6) is 5.75 Å². The van der Waals surface area contributed by atoms with Crippen LogP contribution in [0.3, 0.4) is 0 Å². The van der Waals surface area contributed by atoms with Crippen LogP contribution in [0.25, 0.3) is 10.9 Å². The Morgan fingerprint density at radius 3 is 2.78 bits per heavy atom. The average molecular weight is 326 g/mol. The highest BCUT2D eigenvalue weighted by Gasteiger charge is 2.10. The molecule has 1 aromatic heterocycles. The summed E-state index contributed by atoms with van der Waals surface area (Å²) in [6.45, 7) is 2.05. The molecule has 4 nitrogen and oxygen atoms in total. The van der Waals surface area contributed by atoms with Gasteiger partial charge in [-0.15, -0.1) is 0 Å². The van der Waals surface area contributed by atoms with E-state index in [1.165, 1.54) is 17.3 Å². The van der Waals surface area contributed by atoms with Gasteiger partial charge >= 0.3 is 0 Å². The van der Waals surface area contributed by atoms with Gasteiger partial charge in [-0.3, -0.25) is 9.36 Å². The molecule has 0 N–H and O–H groups in total. The number of nitrogens with zero attached hydrogens (tertiary/aromatic N) is 2. The second kappa shape index (κ2) is 6.46. The summed E-state index contributed by atoms with van der Waals surface area (Å²) in [4.78, 5) is 17.0. The van der Waals surface area contributed by atoms with Crippen LogP contribution in [0.1, 0.15) is 11.1 Å². The summed E-state index contributed by atoms with van der Waals surface area (Å²) in [5.74, 6) is 1.55. The monoisotopic (exact) mass is 326 g/mol. The number of para-hydroxylation sites is 1. The third-order valence-corrected chi connectivity index (χ3v) is 4.81. The van der Waals surface area contributed by atoms with Crippen LogP contribution in [0.15, 0.2) is 52.4 Å². The van der Waals surface area contributed by atoms with Crippen LogP contribution in [0.2, 0.25) is 0 Å². The summed E-state index contributed by atoms with van der Waals surface area (Å²) >= 11 is 1.54. The van der Waals surface area contributed by atoms with Gasteiger partial charge in [0.25, 0.3) is 5.56 Å². The third kappa shape index (κ3) is 3.10. The lowest BCUT2D eigenvalue weighted by Gasteiger charge is -2.11. The topological polar surface area (TPSA) is 44.1 Å². The molecule has 23 heavy (non-hydrogen) atoms. The average Bonchev–Trinajstić information content (AvgIpc) is 2.57. The molecule has 2 aromatic carbocycles. The maximum absolute atomic E-state index is 12.4. The summed E-state index contributed by atoms with van der Waals surface area (Å²) in [5, 5.41) is 1.35. The molecule has 0 unspecified atom stereocenters. The normalized spacial score (nSPS) is 10.9. The van der Waals surface area contributed by atoms with Crippen molar-refractivity contribution in [2.75, 3.05) is 7.11 Å². The van der Waals surface area contributed by atoms with Crippen LogP contribution in [-0.2, 0) is 12.8 Å². The van der Waals surface area contributed by atoms with Gasteiger partial charge in [-0.2, -0.15) is 0 Å². The van der Waals surface area contributed by atoms with Crippen molar-refractivity contribution in [1.29, 1.82) is 0 Å². The molecule has 0 bridgehead atoms. The number of hydrogen-bond donors (Lipinski definition) is 0. The molecule has 5 heteroatoms. The minimum absolute atomic E-state index is 0.0192. The minimum Gasteiger partial charge on any atom is -0.496 e. The first-order valence-corrected chi connectivity index (χ1v) is 8.31. The van der Waals surface area contributed by atoms with Crippen LogP contribution < -0.4 is 10.3 Å². The molecular weight excluding hydrogens is 308 g/mol. The van der Waals surface area contributed by atoms with Gasteiger partial charge in [0.15, 0.2) is 5.16 Å². The lowest BCUT2D eigenvalue weighted by atomic mass is 10.1. The molecule has 0 aliphatic heterocycles. The van der Waals surface area contributed by atoms with Crippen LogP contribution in [-0.4, -0.2) is 16.7 Å². The zero-order valence-electron chi connectivity index (χ0n) is 13.4. The number of fused-ring (bicyclic) bond motifs is 1. The first-order chi connectivity index (χ1) is 11.1. The van der Waals surface area contributed by atoms with Gasteiger partial charge in [0.2, 0.25) is 0 Å². The fraction of sp³-hybridized carbons (Fsp3) is 0.222. The van der Waals surface area contributed by atoms with E-state index in [4.69, 9.17) is 4.74 Å². The first kappa shape index (κ1) is 15.6. The first-order valence-electron chi connectivity index (χ1n) is 7.32. The fourth-order valence-corrected chi connectivity index (χ4v) is 3.44. The smallest absolute Gasteiger partial charge is 0.261 e. The van der Waals surface area contributed by atoms with Crippen molar-refractivity contribution in [3.8, 4) is 5.75 Å². The van der Waals surface area contributed by atoms with Crippen LogP contribution in [0, 0.1) is 6.92 Å². The van der Waals surface area contributed by atoms with E-state index in [0.717, 1.165) is 16.8 Å². The molecule has 3 aromatic rings. The van der Waals surface area contributed by atoms with E-state index in [2.05, 4.69) is 18.0 Å². The molecule has 0 radical (unpaired) electrons. The van der Waals surface area contributed by atoms with Gasteiger partial charge in [0, 0.05) is 18.4 Å². The number of methoxy groups -OCH3 is 1. The highest BCUT2D eigenvalue weighted by Crippen LogP contribution is 2.27. The zero-order valence-corrected chi connectivity index (χ0v) is 14.2. The lowest BCUT2D eigenvalue weighted by molar-refractivity contribution is 0.411. The van der Waals surface area contributed by atoms with Gasteiger partial charge in [-0.1, -0.05) is 41.6 Å². The second-order valence-electron chi connectivity index (χ2n) is 5.38. The van der Waals surface area contributed by atoms with Gasteiger partial charge < -0.3 is 4.74 Å². The van der Waals surface area contributed by atoms with E-state index in [1.54, 1.807) is 18.7 Å². The van der Waals surface area contributed by atoms with Gasteiger partial charge in [-0.05, 0) is 25.1 Å². The fourth-order valence-electron chi connectivity index (χ4n) is 2.49. The minimum atomic E-state index is -0.0192. The Hall–Kier alpha value is -2.27. The van der Waals surface area contributed by atoms with Gasteiger partial charge in [0.05, 0.1) is 18.0 Å². The van der Waals surface area contributed by atoms with Crippen molar-refractivity contribution in [3.63, 3.8) is 0 Å². The van der Waals surface area contributed by atoms with Crippen molar-refractivity contribution in [3.05, 3.63) is 63.9 Å². The Labute approximate surface area is 139 Å². The summed E-state index contributed by atoms with van der Waals surface area (Å²) in [7, 11) is 3.43. The Kier molecular flexibility index (Phi) is 4.39. The predicted octanol–water partition coefficient (Wildman–Crippen LogP) is 3.54. The van der Waals surface area contributed by atoms with Gasteiger partial charge in [-0.25, -0.2) is 4.98 Å². The molecule has 0 aliphatic carbocycles. The molecule has 0 saturated carbocycles. The molecule has 0 aliphatic rings.